The summed E-state index contributed by atoms with van der Waals surface area (Å²) in [4.78, 5) is 20.2. The van der Waals surface area contributed by atoms with Gasteiger partial charge in [-0.1, -0.05) is 0 Å². The average molecular weight is 159 g/mol. The molecule has 0 amide bonds. The summed E-state index contributed by atoms with van der Waals surface area (Å²) in [6.45, 7) is -0.145. The molecule has 0 fully saturated rings. The number of carboxylic acids is 1. The molecule has 6 nitrogen and oxygen atoms in total. The van der Waals surface area contributed by atoms with Crippen LogP contribution in [0.5, 0.6) is 0 Å². The maximum atomic E-state index is 10.2. The van der Waals surface area contributed by atoms with Crippen molar-refractivity contribution in [2.24, 2.45) is 11.7 Å². The number of carbonyl (C=O) groups is 2. The molecule has 0 aliphatic rings. The second-order valence-corrected chi connectivity index (χ2v) is 1.88. The number of nitrogens with two attached hydrogens (primary N) is 1. The Labute approximate surface area is 62.9 Å². The van der Waals surface area contributed by atoms with Crippen molar-refractivity contribution in [1.29, 1.82) is 5.41 Å². The zero-order valence-corrected chi connectivity index (χ0v) is 5.70. The van der Waals surface area contributed by atoms with Gasteiger partial charge in [0.15, 0.2) is 5.96 Å². The van der Waals surface area contributed by atoms with Crippen LogP contribution in [-0.2, 0) is 9.59 Å². The molecule has 5 N–H and O–H groups in total. The number of carbonyl (C=O) groups excluding carboxylic acids is 1. The fourth-order valence-corrected chi connectivity index (χ4v) is 0.414. The van der Waals surface area contributed by atoms with Gasteiger partial charge in [0.05, 0.1) is 0 Å². The zero-order valence-electron chi connectivity index (χ0n) is 5.70. The van der Waals surface area contributed by atoms with Crippen molar-refractivity contribution in [3.63, 3.8) is 0 Å². The number of nitrogens with one attached hydrogen (secondary N) is 2. The average Bonchev–Trinajstić information content (AvgIpc) is 1.87. The highest BCUT2D eigenvalue weighted by atomic mass is 16.4. The van der Waals surface area contributed by atoms with Gasteiger partial charge in [-0.2, -0.15) is 0 Å². The number of hydrogen-bond donors (Lipinski definition) is 4. The Balaban J connectivity index is 3.79. The maximum Gasteiger partial charge on any atom is 0.315 e. The summed E-state index contributed by atoms with van der Waals surface area (Å²) >= 11 is 0. The van der Waals surface area contributed by atoms with Crippen molar-refractivity contribution in [3.8, 4) is 0 Å². The molecule has 0 bridgehead atoms. The molecular formula is C5H9N3O3. The number of aldehydes is 1. The van der Waals surface area contributed by atoms with E-state index in [1.165, 1.54) is 0 Å². The minimum absolute atomic E-state index is 0.145. The molecule has 62 valence electrons. The summed E-state index contributed by atoms with van der Waals surface area (Å²) in [6, 6.07) is 0. The van der Waals surface area contributed by atoms with Crippen molar-refractivity contribution in [1.82, 2.24) is 5.32 Å². The topological polar surface area (TPSA) is 116 Å². The molecule has 0 rings (SSSR count). The summed E-state index contributed by atoms with van der Waals surface area (Å²) in [5.74, 6) is -2.72. The number of hydrogen-bond acceptors (Lipinski definition) is 3. The first kappa shape index (κ1) is 9.41. The molecule has 0 aromatic carbocycles. The van der Waals surface area contributed by atoms with E-state index in [0.717, 1.165) is 0 Å². The molecule has 0 spiro atoms. The quantitative estimate of drug-likeness (QED) is 0.170. The highest BCUT2D eigenvalue weighted by Gasteiger charge is 2.15. The molecule has 0 saturated carbocycles. The van der Waals surface area contributed by atoms with Gasteiger partial charge in [0.25, 0.3) is 0 Å². The Hall–Kier alpha value is -1.59. The second kappa shape index (κ2) is 4.26. The van der Waals surface area contributed by atoms with Gasteiger partial charge in [0.2, 0.25) is 0 Å². The second-order valence-electron chi connectivity index (χ2n) is 1.88. The van der Waals surface area contributed by atoms with Crippen LogP contribution in [0.2, 0.25) is 0 Å². The zero-order chi connectivity index (χ0) is 8.85. The Kier molecular flexibility index (Phi) is 3.65. The molecule has 0 aromatic rings. The van der Waals surface area contributed by atoms with Crippen LogP contribution in [-0.4, -0.2) is 29.9 Å². The molecular weight excluding hydrogens is 150 g/mol. The van der Waals surface area contributed by atoms with Crippen molar-refractivity contribution in [3.05, 3.63) is 0 Å². The van der Waals surface area contributed by atoms with E-state index in [-0.39, 0.29) is 18.8 Å². The Bertz CT molecular complexity index is 180. The summed E-state index contributed by atoms with van der Waals surface area (Å²) in [5, 5.41) is 17.2. The van der Waals surface area contributed by atoms with Crippen LogP contribution in [0.25, 0.3) is 0 Å². The summed E-state index contributed by atoms with van der Waals surface area (Å²) in [7, 11) is 0. The van der Waals surface area contributed by atoms with E-state index in [2.05, 4.69) is 5.32 Å². The normalized spacial score (nSPS) is 11.6. The lowest BCUT2D eigenvalue weighted by Crippen LogP contribution is -2.37. The lowest BCUT2D eigenvalue weighted by molar-refractivity contribution is -0.143. The standard InChI is InChI=1S/C5H9N3O3/c6-5(7)8-1-3(2-9)4(10)11/h2-3H,1H2,(H,10,11)(H4,6,7,8). The number of guanidine groups is 1. The van der Waals surface area contributed by atoms with Gasteiger partial charge in [-0.15, -0.1) is 0 Å². The van der Waals surface area contributed by atoms with E-state index in [1.807, 2.05) is 0 Å². The van der Waals surface area contributed by atoms with Crippen LogP contribution < -0.4 is 11.1 Å². The van der Waals surface area contributed by atoms with Gasteiger partial charge in [0, 0.05) is 6.54 Å². The summed E-state index contributed by atoms with van der Waals surface area (Å²) in [5.41, 5.74) is 4.86. The Morgan fingerprint density at radius 3 is 2.64 bits per heavy atom. The first-order valence-electron chi connectivity index (χ1n) is 2.84. The minimum atomic E-state index is -1.23. The van der Waals surface area contributed by atoms with E-state index < -0.39 is 11.9 Å². The van der Waals surface area contributed by atoms with Crippen LogP contribution in [0.1, 0.15) is 0 Å². The molecule has 0 heterocycles. The molecule has 11 heavy (non-hydrogen) atoms. The Morgan fingerprint density at radius 2 is 2.36 bits per heavy atom. The van der Waals surface area contributed by atoms with Crippen molar-refractivity contribution in [2.45, 2.75) is 0 Å². The highest BCUT2D eigenvalue weighted by Crippen LogP contribution is 1.87. The van der Waals surface area contributed by atoms with E-state index in [9.17, 15) is 9.59 Å². The van der Waals surface area contributed by atoms with Crippen molar-refractivity contribution < 1.29 is 14.7 Å². The van der Waals surface area contributed by atoms with Crippen molar-refractivity contribution >= 4 is 18.2 Å². The molecule has 0 aliphatic heterocycles. The van der Waals surface area contributed by atoms with Gasteiger partial charge in [0.1, 0.15) is 12.2 Å². The monoisotopic (exact) mass is 159 g/mol. The smallest absolute Gasteiger partial charge is 0.315 e. The molecule has 1 atom stereocenters. The lowest BCUT2D eigenvalue weighted by Gasteiger charge is -2.05. The van der Waals surface area contributed by atoms with Crippen LogP contribution in [0.3, 0.4) is 0 Å². The van der Waals surface area contributed by atoms with Gasteiger partial charge < -0.3 is 21.0 Å². The first-order chi connectivity index (χ1) is 5.07. The first-order valence-corrected chi connectivity index (χ1v) is 2.84. The summed E-state index contributed by atoms with van der Waals surface area (Å²) < 4.78 is 0. The van der Waals surface area contributed by atoms with Crippen molar-refractivity contribution in [2.75, 3.05) is 6.54 Å². The fraction of sp³-hybridized carbons (Fsp3) is 0.400. The number of carboxylic acid groups (broad SMARTS) is 1. The molecule has 0 saturated heterocycles. The third-order valence-electron chi connectivity index (χ3n) is 0.994. The molecule has 6 heteroatoms. The molecule has 0 aliphatic carbocycles. The van der Waals surface area contributed by atoms with Gasteiger partial charge in [-0.25, -0.2) is 0 Å². The third kappa shape index (κ3) is 3.90. The van der Waals surface area contributed by atoms with Crippen LogP contribution in [0.4, 0.5) is 0 Å². The SMILES string of the molecule is N=C(N)NCC(C=O)C(=O)O. The number of rotatable bonds is 4. The summed E-state index contributed by atoms with van der Waals surface area (Å²) in [6.07, 6.45) is 0.290. The highest BCUT2D eigenvalue weighted by molar-refractivity contribution is 5.87. The van der Waals surface area contributed by atoms with E-state index >= 15 is 0 Å². The van der Waals surface area contributed by atoms with Crippen LogP contribution in [0.15, 0.2) is 0 Å². The van der Waals surface area contributed by atoms with Gasteiger partial charge in [-0.05, 0) is 0 Å². The molecule has 0 aromatic heterocycles. The third-order valence-corrected chi connectivity index (χ3v) is 0.994. The van der Waals surface area contributed by atoms with E-state index in [0.29, 0.717) is 0 Å². The van der Waals surface area contributed by atoms with Crippen LogP contribution >= 0.6 is 0 Å². The predicted octanol–water partition coefficient (Wildman–Crippen LogP) is -1.63. The number of aliphatic carboxylic acids is 1. The van der Waals surface area contributed by atoms with E-state index in [1.54, 1.807) is 0 Å². The molecule has 1 unspecified atom stereocenters. The fourth-order valence-electron chi connectivity index (χ4n) is 0.414. The van der Waals surface area contributed by atoms with E-state index in [4.69, 9.17) is 16.2 Å². The minimum Gasteiger partial charge on any atom is -0.481 e. The predicted molar refractivity (Wildman–Crippen MR) is 37.1 cm³/mol. The van der Waals surface area contributed by atoms with Gasteiger partial charge >= 0.3 is 5.97 Å². The maximum absolute atomic E-state index is 10.2. The molecule has 0 radical (unpaired) electrons. The Morgan fingerprint density at radius 1 is 1.82 bits per heavy atom. The van der Waals surface area contributed by atoms with Crippen LogP contribution in [0, 0.1) is 11.3 Å². The van der Waals surface area contributed by atoms with Gasteiger partial charge in [-0.3, -0.25) is 10.2 Å². The largest absolute Gasteiger partial charge is 0.481 e. The lowest BCUT2D eigenvalue weighted by atomic mass is 10.2.